The van der Waals surface area contributed by atoms with Gasteiger partial charge in [0.05, 0.1) is 19.8 Å². The summed E-state index contributed by atoms with van der Waals surface area (Å²) in [6, 6.07) is 8.10. The summed E-state index contributed by atoms with van der Waals surface area (Å²) in [6.07, 6.45) is 0.958. The molecule has 2 aliphatic heterocycles. The van der Waals surface area contributed by atoms with Crippen LogP contribution in [0.2, 0.25) is 0 Å². The van der Waals surface area contributed by atoms with Gasteiger partial charge < -0.3 is 19.7 Å². The molecule has 20 heavy (non-hydrogen) atoms. The number of benzene rings is 1. The molecule has 0 aromatic heterocycles. The lowest BCUT2D eigenvalue weighted by Gasteiger charge is -2.29. The van der Waals surface area contributed by atoms with Crippen molar-refractivity contribution in [3.05, 3.63) is 29.8 Å². The van der Waals surface area contributed by atoms with E-state index in [1.807, 2.05) is 18.2 Å². The van der Waals surface area contributed by atoms with Crippen molar-refractivity contribution < 1.29 is 14.3 Å². The number of amides is 2. The first-order valence-corrected chi connectivity index (χ1v) is 7.14. The van der Waals surface area contributed by atoms with E-state index in [1.54, 1.807) is 4.90 Å². The van der Waals surface area contributed by atoms with E-state index in [2.05, 4.69) is 11.4 Å². The third-order valence-corrected chi connectivity index (χ3v) is 3.80. The van der Waals surface area contributed by atoms with Crippen molar-refractivity contribution in [3.8, 4) is 5.75 Å². The van der Waals surface area contributed by atoms with Gasteiger partial charge in [-0.15, -0.1) is 0 Å². The SMILES string of the molecule is O=C(NC[C@@H]1COc2ccccc2C1)N1CCOCC1. The fourth-order valence-electron chi connectivity index (χ4n) is 2.63. The molecule has 0 saturated carbocycles. The summed E-state index contributed by atoms with van der Waals surface area (Å²) < 4.78 is 11.0. The molecule has 108 valence electrons. The molecule has 0 radical (unpaired) electrons. The van der Waals surface area contributed by atoms with E-state index in [0.29, 0.717) is 45.4 Å². The Hall–Kier alpha value is -1.75. The third kappa shape index (κ3) is 3.04. The van der Waals surface area contributed by atoms with Crippen LogP contribution < -0.4 is 10.1 Å². The molecule has 2 heterocycles. The van der Waals surface area contributed by atoms with Crippen LogP contribution >= 0.6 is 0 Å². The van der Waals surface area contributed by atoms with Crippen LogP contribution in [0.1, 0.15) is 5.56 Å². The lowest BCUT2D eigenvalue weighted by atomic mass is 9.97. The summed E-state index contributed by atoms with van der Waals surface area (Å²) >= 11 is 0. The predicted molar refractivity (Wildman–Crippen MR) is 74.9 cm³/mol. The minimum Gasteiger partial charge on any atom is -0.493 e. The molecule has 0 bridgehead atoms. The van der Waals surface area contributed by atoms with Crippen LogP contribution in [0.3, 0.4) is 0 Å². The van der Waals surface area contributed by atoms with Gasteiger partial charge in [-0.2, -0.15) is 0 Å². The minimum atomic E-state index is 0.00663. The van der Waals surface area contributed by atoms with Crippen LogP contribution in [0.5, 0.6) is 5.75 Å². The molecule has 5 nitrogen and oxygen atoms in total. The fraction of sp³-hybridized carbons (Fsp3) is 0.533. The molecule has 1 N–H and O–H groups in total. The zero-order valence-corrected chi connectivity index (χ0v) is 11.5. The quantitative estimate of drug-likeness (QED) is 0.885. The molecule has 0 unspecified atom stereocenters. The zero-order chi connectivity index (χ0) is 13.8. The van der Waals surface area contributed by atoms with E-state index in [9.17, 15) is 4.79 Å². The molecule has 0 aliphatic carbocycles. The van der Waals surface area contributed by atoms with Crippen LogP contribution in [-0.2, 0) is 11.2 Å². The molecule has 3 rings (SSSR count). The molecule has 2 amide bonds. The van der Waals surface area contributed by atoms with Crippen molar-refractivity contribution in [2.75, 3.05) is 39.5 Å². The van der Waals surface area contributed by atoms with Crippen molar-refractivity contribution in [1.82, 2.24) is 10.2 Å². The van der Waals surface area contributed by atoms with E-state index in [0.717, 1.165) is 12.2 Å². The number of nitrogens with zero attached hydrogens (tertiary/aromatic N) is 1. The number of rotatable bonds is 2. The maximum atomic E-state index is 12.0. The standard InChI is InChI=1S/C15H20N2O3/c18-15(17-5-7-19-8-6-17)16-10-12-9-13-3-1-2-4-14(13)20-11-12/h1-4,12H,5-11H2,(H,16,18)/t12-/m1/s1. The average Bonchev–Trinajstić information content (AvgIpc) is 2.53. The maximum absolute atomic E-state index is 12.0. The Labute approximate surface area is 118 Å². The number of urea groups is 1. The highest BCUT2D eigenvalue weighted by atomic mass is 16.5. The second-order valence-corrected chi connectivity index (χ2v) is 5.27. The van der Waals surface area contributed by atoms with Crippen molar-refractivity contribution in [1.29, 1.82) is 0 Å². The Balaban J connectivity index is 1.49. The zero-order valence-electron chi connectivity index (χ0n) is 11.5. The summed E-state index contributed by atoms with van der Waals surface area (Å²) in [5.41, 5.74) is 1.23. The van der Waals surface area contributed by atoms with Crippen molar-refractivity contribution in [3.63, 3.8) is 0 Å². The molecule has 1 saturated heterocycles. The number of fused-ring (bicyclic) bond motifs is 1. The number of hydrogen-bond acceptors (Lipinski definition) is 3. The van der Waals surface area contributed by atoms with Gasteiger partial charge in [0.25, 0.3) is 0 Å². The number of carbonyl (C=O) groups excluding carboxylic acids is 1. The smallest absolute Gasteiger partial charge is 0.317 e. The second-order valence-electron chi connectivity index (χ2n) is 5.27. The van der Waals surface area contributed by atoms with Gasteiger partial charge in [-0.05, 0) is 18.1 Å². The van der Waals surface area contributed by atoms with Gasteiger partial charge >= 0.3 is 6.03 Å². The van der Waals surface area contributed by atoms with Crippen molar-refractivity contribution in [2.24, 2.45) is 5.92 Å². The normalized spacial score (nSPS) is 21.8. The van der Waals surface area contributed by atoms with Gasteiger partial charge in [0.15, 0.2) is 0 Å². The van der Waals surface area contributed by atoms with Crippen LogP contribution in [-0.4, -0.2) is 50.4 Å². The van der Waals surface area contributed by atoms with Crippen LogP contribution in [0.15, 0.2) is 24.3 Å². The maximum Gasteiger partial charge on any atom is 0.317 e. The minimum absolute atomic E-state index is 0.00663. The molecule has 1 aromatic rings. The molecule has 1 atom stereocenters. The first-order chi connectivity index (χ1) is 9.83. The average molecular weight is 276 g/mol. The predicted octanol–water partition coefficient (Wildman–Crippen LogP) is 1.28. The molecule has 1 aromatic carbocycles. The Morgan fingerprint density at radius 2 is 2.10 bits per heavy atom. The third-order valence-electron chi connectivity index (χ3n) is 3.80. The number of ether oxygens (including phenoxy) is 2. The summed E-state index contributed by atoms with van der Waals surface area (Å²) in [7, 11) is 0. The van der Waals surface area contributed by atoms with Gasteiger partial charge in [0.1, 0.15) is 5.75 Å². The van der Waals surface area contributed by atoms with Gasteiger partial charge in [0.2, 0.25) is 0 Å². The molecule has 5 heteroatoms. The molecule has 0 spiro atoms. The number of morpholine rings is 1. The second kappa shape index (κ2) is 6.13. The van der Waals surface area contributed by atoms with E-state index in [4.69, 9.17) is 9.47 Å². The Kier molecular flexibility index (Phi) is 4.06. The van der Waals surface area contributed by atoms with Crippen LogP contribution in [0.25, 0.3) is 0 Å². The summed E-state index contributed by atoms with van der Waals surface area (Å²) in [4.78, 5) is 13.8. The van der Waals surface area contributed by atoms with Crippen molar-refractivity contribution in [2.45, 2.75) is 6.42 Å². The van der Waals surface area contributed by atoms with E-state index in [1.165, 1.54) is 5.56 Å². The number of carbonyl (C=O) groups is 1. The van der Waals surface area contributed by atoms with Gasteiger partial charge in [-0.3, -0.25) is 0 Å². The lowest BCUT2D eigenvalue weighted by Crippen LogP contribution is -2.48. The monoisotopic (exact) mass is 276 g/mol. The number of hydrogen-bond donors (Lipinski definition) is 1. The Bertz CT molecular complexity index is 472. The highest BCUT2D eigenvalue weighted by molar-refractivity contribution is 5.74. The summed E-state index contributed by atoms with van der Waals surface area (Å²) in [6.45, 7) is 3.94. The Morgan fingerprint density at radius 3 is 2.95 bits per heavy atom. The first-order valence-electron chi connectivity index (χ1n) is 7.14. The number of para-hydroxylation sites is 1. The van der Waals surface area contributed by atoms with Crippen LogP contribution in [0, 0.1) is 5.92 Å². The van der Waals surface area contributed by atoms with Crippen LogP contribution in [0.4, 0.5) is 4.79 Å². The van der Waals surface area contributed by atoms with E-state index < -0.39 is 0 Å². The largest absolute Gasteiger partial charge is 0.493 e. The van der Waals surface area contributed by atoms with Gasteiger partial charge in [0, 0.05) is 25.6 Å². The molecular weight excluding hydrogens is 256 g/mol. The first kappa shape index (κ1) is 13.2. The summed E-state index contributed by atoms with van der Waals surface area (Å²) in [5.74, 6) is 1.32. The lowest BCUT2D eigenvalue weighted by molar-refractivity contribution is 0.0527. The topological polar surface area (TPSA) is 50.8 Å². The molecule has 2 aliphatic rings. The summed E-state index contributed by atoms with van der Waals surface area (Å²) in [5, 5.41) is 3.00. The van der Waals surface area contributed by atoms with Crippen molar-refractivity contribution >= 4 is 6.03 Å². The van der Waals surface area contributed by atoms with E-state index >= 15 is 0 Å². The highest BCUT2D eigenvalue weighted by Gasteiger charge is 2.22. The number of nitrogens with one attached hydrogen (secondary N) is 1. The molecular formula is C15H20N2O3. The Morgan fingerprint density at radius 1 is 1.30 bits per heavy atom. The van der Waals surface area contributed by atoms with E-state index in [-0.39, 0.29) is 6.03 Å². The van der Waals surface area contributed by atoms with Gasteiger partial charge in [-0.25, -0.2) is 4.79 Å². The van der Waals surface area contributed by atoms with Gasteiger partial charge in [-0.1, -0.05) is 18.2 Å². The molecule has 1 fully saturated rings. The fourth-order valence-corrected chi connectivity index (χ4v) is 2.63. The highest BCUT2D eigenvalue weighted by Crippen LogP contribution is 2.26.